The van der Waals surface area contributed by atoms with Crippen molar-refractivity contribution in [3.63, 3.8) is 0 Å². The Morgan fingerprint density at radius 2 is 1.62 bits per heavy atom. The minimum absolute atomic E-state index is 0.171. The molecule has 4 rings (SSSR count). The minimum Gasteiger partial charge on any atom is -0.406 e. The van der Waals surface area contributed by atoms with E-state index < -0.39 is 18.0 Å². The van der Waals surface area contributed by atoms with Crippen LogP contribution >= 0.6 is 11.8 Å². The van der Waals surface area contributed by atoms with Crippen molar-refractivity contribution in [2.75, 3.05) is 0 Å². The third-order valence-electron chi connectivity index (χ3n) is 6.09. The lowest BCUT2D eigenvalue weighted by molar-refractivity contribution is -0.274. The third-order valence-corrected chi connectivity index (χ3v) is 7.00. The van der Waals surface area contributed by atoms with Gasteiger partial charge in [0.05, 0.1) is 17.6 Å². The van der Waals surface area contributed by atoms with Gasteiger partial charge in [-0.15, -0.1) is 13.2 Å². The fourth-order valence-corrected chi connectivity index (χ4v) is 4.63. The van der Waals surface area contributed by atoms with Gasteiger partial charge >= 0.3 is 6.36 Å². The Labute approximate surface area is 260 Å². The van der Waals surface area contributed by atoms with Crippen molar-refractivity contribution in [2.24, 2.45) is 25.8 Å². The number of hydrogen-bond donors (Lipinski definition) is 2. The van der Waals surface area contributed by atoms with Crippen LogP contribution in [0.2, 0.25) is 0 Å². The number of aliphatic imine (C=N–C) groups is 3. The highest BCUT2D eigenvalue weighted by Gasteiger charge is 2.30. The van der Waals surface area contributed by atoms with Gasteiger partial charge in [0.1, 0.15) is 29.6 Å². The first-order valence-corrected chi connectivity index (χ1v) is 14.3. The molecule has 0 fully saturated rings. The molecular formula is C32H27F5N6OS. The number of amidine groups is 2. The smallest absolute Gasteiger partial charge is 0.406 e. The highest BCUT2D eigenvalue weighted by Crippen LogP contribution is 2.27. The maximum absolute atomic E-state index is 14.2. The number of benzene rings is 4. The van der Waals surface area contributed by atoms with Gasteiger partial charge in [0.25, 0.3) is 0 Å². The van der Waals surface area contributed by atoms with Gasteiger partial charge in [-0.3, -0.25) is 5.43 Å². The van der Waals surface area contributed by atoms with Crippen molar-refractivity contribution in [2.45, 2.75) is 26.0 Å². The molecule has 0 aliphatic rings. The molecule has 3 N–H and O–H groups in total. The molecule has 0 aliphatic heterocycles. The quantitative estimate of drug-likeness (QED) is 0.0838. The summed E-state index contributed by atoms with van der Waals surface area (Å²) in [5.41, 5.74) is 13.7. The number of halogens is 5. The average Bonchev–Trinajstić information content (AvgIpc) is 2.98. The van der Waals surface area contributed by atoms with Gasteiger partial charge in [0, 0.05) is 17.4 Å². The van der Waals surface area contributed by atoms with E-state index >= 15 is 0 Å². The number of para-hydroxylation sites is 1. The van der Waals surface area contributed by atoms with Gasteiger partial charge in [-0.1, -0.05) is 60.3 Å². The van der Waals surface area contributed by atoms with E-state index in [1.54, 1.807) is 30.5 Å². The Morgan fingerprint density at radius 3 is 2.27 bits per heavy atom. The molecule has 0 saturated carbocycles. The molecule has 0 amide bonds. The summed E-state index contributed by atoms with van der Waals surface area (Å²) in [6.07, 6.45) is -2.00. The van der Waals surface area contributed by atoms with Crippen LogP contribution in [0.5, 0.6) is 5.75 Å². The Bertz CT molecular complexity index is 1720. The molecule has 7 nitrogen and oxygen atoms in total. The first kappa shape index (κ1) is 32.9. The average molecular weight is 639 g/mol. The first-order valence-electron chi connectivity index (χ1n) is 13.3. The molecule has 0 spiro atoms. The van der Waals surface area contributed by atoms with Crippen molar-refractivity contribution >= 4 is 46.7 Å². The Morgan fingerprint density at radius 1 is 0.933 bits per heavy atom. The lowest BCUT2D eigenvalue weighted by atomic mass is 10.1. The van der Waals surface area contributed by atoms with Crippen LogP contribution in [0, 0.1) is 25.5 Å². The van der Waals surface area contributed by atoms with Crippen molar-refractivity contribution < 1.29 is 26.7 Å². The second-order valence-corrected chi connectivity index (χ2v) is 10.4. The van der Waals surface area contributed by atoms with E-state index in [9.17, 15) is 22.0 Å². The van der Waals surface area contributed by atoms with Crippen molar-refractivity contribution in [1.82, 2.24) is 5.43 Å². The Hall–Kier alpha value is -5.04. The first-order chi connectivity index (χ1) is 21.5. The number of hydrazone groups is 1. The van der Waals surface area contributed by atoms with E-state index in [-0.39, 0.29) is 17.3 Å². The van der Waals surface area contributed by atoms with Crippen LogP contribution < -0.4 is 15.9 Å². The number of nitrogens with one attached hydrogen (secondary N) is 1. The van der Waals surface area contributed by atoms with E-state index in [2.05, 4.69) is 25.2 Å². The molecule has 45 heavy (non-hydrogen) atoms. The predicted molar refractivity (Wildman–Crippen MR) is 170 cm³/mol. The zero-order valence-electron chi connectivity index (χ0n) is 24.0. The molecule has 4 aromatic carbocycles. The zero-order chi connectivity index (χ0) is 32.4. The van der Waals surface area contributed by atoms with E-state index in [4.69, 9.17) is 10.7 Å². The summed E-state index contributed by atoms with van der Waals surface area (Å²) in [5.74, 6) is -1.27. The van der Waals surface area contributed by atoms with Crippen molar-refractivity contribution in [3.8, 4) is 5.75 Å². The van der Waals surface area contributed by atoms with Crippen LogP contribution in [0.15, 0.2) is 105 Å². The van der Waals surface area contributed by atoms with Crippen molar-refractivity contribution in [3.05, 3.63) is 124 Å². The van der Waals surface area contributed by atoms with Crippen LogP contribution in [-0.2, 0) is 5.75 Å². The molecule has 0 bridgehead atoms. The lowest BCUT2D eigenvalue weighted by Crippen LogP contribution is -2.16. The van der Waals surface area contributed by atoms with Gasteiger partial charge in [0.2, 0.25) is 0 Å². The van der Waals surface area contributed by atoms with E-state index in [0.29, 0.717) is 22.0 Å². The topological polar surface area (TPSA) is 96.7 Å². The van der Waals surface area contributed by atoms with Gasteiger partial charge in [-0.2, -0.15) is 5.10 Å². The molecule has 0 heterocycles. The Balaban J connectivity index is 1.41. The second kappa shape index (κ2) is 15.1. The standard InChI is InChI=1S/C32H27F5N6OS/c1-20-4-3-5-21(2)29(20)42-31(45-18-24-10-11-25(33)16-28(24)34)43-41-17-22-6-8-23(9-7-22)30(38)40-19-39-26-12-14-27(15-13-26)44-32(35,36)37/h3-17,19H,18H2,1-2H3,(H,42,43)(H2,38,39,40)/b41-17-. The molecule has 0 aromatic heterocycles. The molecular weight excluding hydrogens is 611 g/mol. The van der Waals surface area contributed by atoms with Crippen LogP contribution in [0.25, 0.3) is 0 Å². The van der Waals surface area contributed by atoms with E-state index in [1.807, 2.05) is 32.0 Å². The third kappa shape index (κ3) is 10.3. The maximum Gasteiger partial charge on any atom is 0.573 e. The SMILES string of the molecule is Cc1cccc(C)c1N=C(N/N=C\c1ccc(C(N)=NC=Nc2ccc(OC(F)(F)F)cc2)cc1)SCc1ccc(F)cc1F. The second-order valence-electron chi connectivity index (χ2n) is 9.47. The molecule has 4 aromatic rings. The molecule has 0 saturated heterocycles. The molecule has 0 radical (unpaired) electrons. The fourth-order valence-electron chi connectivity index (χ4n) is 3.83. The summed E-state index contributed by atoms with van der Waals surface area (Å²) >= 11 is 1.22. The molecule has 13 heteroatoms. The van der Waals surface area contributed by atoms with Crippen LogP contribution in [0.3, 0.4) is 0 Å². The number of ether oxygens (including phenoxy) is 1. The monoisotopic (exact) mass is 638 g/mol. The highest BCUT2D eigenvalue weighted by atomic mass is 32.2. The molecule has 0 unspecified atom stereocenters. The van der Waals surface area contributed by atoms with E-state index in [0.717, 1.165) is 40.6 Å². The van der Waals surface area contributed by atoms with Crippen molar-refractivity contribution in [1.29, 1.82) is 0 Å². The van der Waals surface area contributed by atoms with Crippen LogP contribution in [0.4, 0.5) is 33.3 Å². The van der Waals surface area contributed by atoms with Crippen LogP contribution in [0.1, 0.15) is 27.8 Å². The molecule has 232 valence electrons. The van der Waals surface area contributed by atoms with Gasteiger partial charge in [-0.05, 0) is 66.4 Å². The number of nitrogens with zero attached hydrogens (tertiary/aromatic N) is 4. The summed E-state index contributed by atoms with van der Waals surface area (Å²) in [7, 11) is 0. The summed E-state index contributed by atoms with van der Waals surface area (Å²) in [6, 6.07) is 21.2. The summed E-state index contributed by atoms with van der Waals surface area (Å²) in [5, 5.41) is 4.71. The largest absolute Gasteiger partial charge is 0.573 e. The number of rotatable bonds is 9. The molecule has 0 aliphatic carbocycles. The number of hydrogen-bond acceptors (Lipinski definition) is 5. The van der Waals surface area contributed by atoms with E-state index in [1.165, 1.54) is 42.4 Å². The Kier molecular flexibility index (Phi) is 11.0. The fraction of sp³-hybridized carbons (Fsp3) is 0.125. The predicted octanol–water partition coefficient (Wildman–Crippen LogP) is 8.09. The number of aryl methyl sites for hydroxylation is 2. The number of alkyl halides is 3. The summed E-state index contributed by atoms with van der Waals surface area (Å²) in [4.78, 5) is 12.9. The lowest BCUT2D eigenvalue weighted by Gasteiger charge is -2.10. The highest BCUT2D eigenvalue weighted by molar-refractivity contribution is 8.13. The normalized spacial score (nSPS) is 12.7. The molecule has 0 atom stereocenters. The minimum atomic E-state index is -4.77. The van der Waals surface area contributed by atoms with Gasteiger partial charge in [0.15, 0.2) is 5.17 Å². The summed E-state index contributed by atoms with van der Waals surface area (Å²) < 4.78 is 68.3. The van der Waals surface area contributed by atoms with Gasteiger partial charge in [-0.25, -0.2) is 23.8 Å². The van der Waals surface area contributed by atoms with Gasteiger partial charge < -0.3 is 10.5 Å². The van der Waals surface area contributed by atoms with Crippen LogP contribution in [-0.4, -0.2) is 29.9 Å². The summed E-state index contributed by atoms with van der Waals surface area (Å²) in [6.45, 7) is 3.88. The zero-order valence-corrected chi connectivity index (χ0v) is 24.8. The maximum atomic E-state index is 14.2. The number of thioether (sulfide) groups is 1. The number of nitrogens with two attached hydrogens (primary N) is 1.